The molecule has 0 N–H and O–H groups in total. The first-order valence-corrected chi connectivity index (χ1v) is 5.72. The number of hydrogen-bond acceptors (Lipinski definition) is 3. The molecule has 0 saturated carbocycles. The van der Waals surface area contributed by atoms with Crippen molar-refractivity contribution in [1.29, 1.82) is 0 Å². The van der Waals surface area contributed by atoms with Gasteiger partial charge in [0, 0.05) is 24.2 Å². The zero-order valence-corrected chi connectivity index (χ0v) is 9.69. The van der Waals surface area contributed by atoms with Gasteiger partial charge in [0.2, 0.25) is 0 Å². The van der Waals surface area contributed by atoms with E-state index in [-0.39, 0.29) is 0 Å². The quantitative estimate of drug-likeness (QED) is 0.682. The van der Waals surface area contributed by atoms with Crippen molar-refractivity contribution >= 4 is 0 Å². The lowest BCUT2D eigenvalue weighted by molar-refractivity contribution is 1.24. The fourth-order valence-corrected chi connectivity index (χ4v) is 1.77. The van der Waals surface area contributed by atoms with Crippen LogP contribution in [0.15, 0.2) is 67.1 Å². The van der Waals surface area contributed by atoms with Crippen LogP contribution >= 0.6 is 0 Å². The van der Waals surface area contributed by atoms with E-state index in [0.717, 1.165) is 22.6 Å². The third kappa shape index (κ3) is 2.11. The highest BCUT2D eigenvalue weighted by Crippen LogP contribution is 2.20. The minimum absolute atomic E-state index is 0.872. The average molecular weight is 233 g/mol. The van der Waals surface area contributed by atoms with Crippen molar-refractivity contribution in [2.24, 2.45) is 0 Å². The molecule has 0 amide bonds. The Bertz CT molecular complexity index is 581. The van der Waals surface area contributed by atoms with E-state index in [0.29, 0.717) is 0 Å². The number of hydrogen-bond donors (Lipinski definition) is 0. The van der Waals surface area contributed by atoms with Gasteiger partial charge in [0.25, 0.3) is 0 Å². The molecule has 0 unspecified atom stereocenters. The SMILES string of the molecule is c1ccc(-c2cccc(-c3cccnc3)n2)nc1. The van der Waals surface area contributed by atoms with Gasteiger partial charge in [-0.05, 0) is 36.4 Å². The standard InChI is InChI=1S/C15H11N3/c1-2-10-17-14(6-1)15-8-3-7-13(18-15)12-5-4-9-16-11-12/h1-11H. The topological polar surface area (TPSA) is 38.7 Å². The Hall–Kier alpha value is -2.55. The van der Waals surface area contributed by atoms with Crippen LogP contribution in [-0.4, -0.2) is 15.0 Å². The Balaban J connectivity index is 2.05. The lowest BCUT2D eigenvalue weighted by atomic mass is 10.1. The normalized spacial score (nSPS) is 10.2. The van der Waals surface area contributed by atoms with Crippen LogP contribution in [0.1, 0.15) is 0 Å². The summed E-state index contributed by atoms with van der Waals surface area (Å²) < 4.78 is 0. The molecule has 3 heteroatoms. The molecule has 0 bridgehead atoms. The fourth-order valence-electron chi connectivity index (χ4n) is 1.77. The highest BCUT2D eigenvalue weighted by atomic mass is 14.8. The van der Waals surface area contributed by atoms with Crippen molar-refractivity contribution in [2.45, 2.75) is 0 Å². The first-order chi connectivity index (χ1) is 8.93. The molecule has 0 aliphatic carbocycles. The van der Waals surface area contributed by atoms with Crippen LogP contribution in [0.2, 0.25) is 0 Å². The van der Waals surface area contributed by atoms with E-state index >= 15 is 0 Å². The van der Waals surface area contributed by atoms with E-state index in [1.54, 1.807) is 12.4 Å². The maximum absolute atomic E-state index is 4.61. The molecule has 3 aromatic heterocycles. The Kier molecular flexibility index (Phi) is 2.80. The molecule has 18 heavy (non-hydrogen) atoms. The molecule has 0 aliphatic rings. The van der Waals surface area contributed by atoms with Crippen molar-refractivity contribution in [3.8, 4) is 22.6 Å². The van der Waals surface area contributed by atoms with Crippen molar-refractivity contribution < 1.29 is 0 Å². The second kappa shape index (κ2) is 4.75. The van der Waals surface area contributed by atoms with Gasteiger partial charge >= 0.3 is 0 Å². The number of rotatable bonds is 2. The summed E-state index contributed by atoms with van der Waals surface area (Å²) in [4.78, 5) is 13.0. The van der Waals surface area contributed by atoms with E-state index < -0.39 is 0 Å². The van der Waals surface area contributed by atoms with Crippen LogP contribution in [0.3, 0.4) is 0 Å². The molecule has 0 aliphatic heterocycles. The van der Waals surface area contributed by atoms with Gasteiger partial charge in [-0.2, -0.15) is 0 Å². The van der Waals surface area contributed by atoms with E-state index in [1.165, 1.54) is 0 Å². The predicted molar refractivity (Wildman–Crippen MR) is 70.7 cm³/mol. The van der Waals surface area contributed by atoms with Crippen molar-refractivity contribution in [3.63, 3.8) is 0 Å². The molecular formula is C15H11N3. The largest absolute Gasteiger partial charge is 0.264 e. The molecule has 0 fully saturated rings. The van der Waals surface area contributed by atoms with E-state index in [4.69, 9.17) is 0 Å². The molecule has 3 rings (SSSR count). The van der Waals surface area contributed by atoms with Crippen LogP contribution in [0.5, 0.6) is 0 Å². The maximum atomic E-state index is 4.61. The Morgan fingerprint density at radius 2 is 1.56 bits per heavy atom. The smallest absolute Gasteiger partial charge is 0.0893 e. The molecule has 0 aromatic carbocycles. The minimum Gasteiger partial charge on any atom is -0.264 e. The van der Waals surface area contributed by atoms with Gasteiger partial charge in [0.1, 0.15) is 0 Å². The first-order valence-electron chi connectivity index (χ1n) is 5.72. The summed E-state index contributed by atoms with van der Waals surface area (Å²) >= 11 is 0. The van der Waals surface area contributed by atoms with E-state index in [1.807, 2.05) is 54.7 Å². The predicted octanol–water partition coefficient (Wildman–Crippen LogP) is 3.21. The van der Waals surface area contributed by atoms with Gasteiger partial charge in [-0.25, -0.2) is 4.98 Å². The highest BCUT2D eigenvalue weighted by molar-refractivity contribution is 5.63. The van der Waals surface area contributed by atoms with E-state index in [9.17, 15) is 0 Å². The summed E-state index contributed by atoms with van der Waals surface area (Å²) in [5.41, 5.74) is 3.67. The molecule has 0 radical (unpaired) electrons. The van der Waals surface area contributed by atoms with Crippen molar-refractivity contribution in [3.05, 3.63) is 67.1 Å². The second-order valence-corrected chi connectivity index (χ2v) is 3.86. The third-order valence-electron chi connectivity index (χ3n) is 2.63. The van der Waals surface area contributed by atoms with Gasteiger partial charge in [-0.15, -0.1) is 0 Å². The Morgan fingerprint density at radius 1 is 0.667 bits per heavy atom. The van der Waals surface area contributed by atoms with Crippen molar-refractivity contribution in [1.82, 2.24) is 15.0 Å². The molecule has 3 aromatic rings. The Labute approximate surface area is 105 Å². The lowest BCUT2D eigenvalue weighted by Crippen LogP contribution is -1.89. The van der Waals surface area contributed by atoms with E-state index in [2.05, 4.69) is 15.0 Å². The fraction of sp³-hybridized carbons (Fsp3) is 0. The lowest BCUT2D eigenvalue weighted by Gasteiger charge is -2.03. The molecule has 3 heterocycles. The van der Waals surface area contributed by atoms with Crippen LogP contribution in [0.25, 0.3) is 22.6 Å². The maximum Gasteiger partial charge on any atom is 0.0893 e. The molecule has 0 saturated heterocycles. The number of aromatic nitrogens is 3. The zero-order valence-electron chi connectivity index (χ0n) is 9.69. The number of nitrogens with zero attached hydrogens (tertiary/aromatic N) is 3. The monoisotopic (exact) mass is 233 g/mol. The van der Waals surface area contributed by atoms with Crippen LogP contribution < -0.4 is 0 Å². The van der Waals surface area contributed by atoms with Gasteiger partial charge in [-0.1, -0.05) is 12.1 Å². The summed E-state index contributed by atoms with van der Waals surface area (Å²) in [6.07, 6.45) is 5.34. The summed E-state index contributed by atoms with van der Waals surface area (Å²) in [7, 11) is 0. The number of pyridine rings is 3. The Morgan fingerprint density at radius 3 is 2.33 bits per heavy atom. The molecule has 3 nitrogen and oxygen atoms in total. The molecule has 0 atom stereocenters. The second-order valence-electron chi connectivity index (χ2n) is 3.86. The molecular weight excluding hydrogens is 222 g/mol. The molecule has 0 spiro atoms. The van der Waals surface area contributed by atoms with Crippen LogP contribution in [0.4, 0.5) is 0 Å². The van der Waals surface area contributed by atoms with Gasteiger partial charge in [-0.3, -0.25) is 9.97 Å². The van der Waals surface area contributed by atoms with Gasteiger partial charge < -0.3 is 0 Å². The van der Waals surface area contributed by atoms with Crippen LogP contribution in [0, 0.1) is 0 Å². The zero-order chi connectivity index (χ0) is 12.2. The van der Waals surface area contributed by atoms with Gasteiger partial charge in [0.15, 0.2) is 0 Å². The summed E-state index contributed by atoms with van der Waals surface area (Å²) in [5, 5.41) is 0. The molecule has 86 valence electrons. The summed E-state index contributed by atoms with van der Waals surface area (Å²) in [6.45, 7) is 0. The summed E-state index contributed by atoms with van der Waals surface area (Å²) in [6, 6.07) is 15.6. The highest BCUT2D eigenvalue weighted by Gasteiger charge is 2.03. The first kappa shape index (κ1) is 10.6. The average Bonchev–Trinajstić information content (AvgIpc) is 2.49. The van der Waals surface area contributed by atoms with Crippen molar-refractivity contribution in [2.75, 3.05) is 0 Å². The minimum atomic E-state index is 0.872. The third-order valence-corrected chi connectivity index (χ3v) is 2.63. The van der Waals surface area contributed by atoms with Gasteiger partial charge in [0.05, 0.1) is 17.1 Å². The van der Waals surface area contributed by atoms with Crippen LogP contribution in [-0.2, 0) is 0 Å². The summed E-state index contributed by atoms with van der Waals surface area (Å²) in [5.74, 6) is 0.